The summed E-state index contributed by atoms with van der Waals surface area (Å²) >= 11 is 0. The van der Waals surface area contributed by atoms with Crippen LogP contribution >= 0.6 is 7.60 Å². The maximum absolute atomic E-state index is 10.9. The van der Waals surface area contributed by atoms with Gasteiger partial charge >= 0.3 is 7.60 Å². The highest BCUT2D eigenvalue weighted by Gasteiger charge is 2.17. The smallest absolute Gasteiger partial charge is 0.331 e. The Bertz CT molecular complexity index is 157. The minimum absolute atomic E-state index is 0.00681. The van der Waals surface area contributed by atoms with Gasteiger partial charge in [-0.25, -0.2) is 0 Å². The third kappa shape index (κ3) is 6.10. The molecule has 0 aromatic rings. The first-order valence-electron chi connectivity index (χ1n) is 3.31. The lowest BCUT2D eigenvalue weighted by molar-refractivity contribution is 0.239. The van der Waals surface area contributed by atoms with Gasteiger partial charge < -0.3 is 14.2 Å². The van der Waals surface area contributed by atoms with Crippen molar-refractivity contribution in [3.63, 3.8) is 0 Å². The largest absolute Gasteiger partial charge is 0.501 e. The molecule has 11 heavy (non-hydrogen) atoms. The van der Waals surface area contributed by atoms with E-state index in [0.29, 0.717) is 0 Å². The van der Waals surface area contributed by atoms with Gasteiger partial charge in [-0.05, 0) is 6.92 Å². The number of ether oxygens (including phenoxy) is 1. The van der Waals surface area contributed by atoms with Crippen LogP contribution in [0.1, 0.15) is 6.92 Å². The molecule has 1 unspecified atom stereocenters. The fourth-order valence-corrected chi connectivity index (χ4v) is 1.39. The highest BCUT2D eigenvalue weighted by atomic mass is 31.2. The van der Waals surface area contributed by atoms with Crippen LogP contribution in [0.4, 0.5) is 0 Å². The van der Waals surface area contributed by atoms with E-state index >= 15 is 0 Å². The second-order valence-electron chi connectivity index (χ2n) is 1.82. The first-order chi connectivity index (χ1) is 5.12. The molecule has 4 nitrogen and oxygen atoms in total. The highest BCUT2D eigenvalue weighted by molar-refractivity contribution is 7.52. The van der Waals surface area contributed by atoms with Gasteiger partial charge in [0.15, 0.2) is 0 Å². The monoisotopic (exact) mass is 180 g/mol. The van der Waals surface area contributed by atoms with Crippen molar-refractivity contribution >= 4 is 7.60 Å². The molecule has 0 radical (unpaired) electrons. The third-order valence-corrected chi connectivity index (χ3v) is 2.35. The maximum Gasteiger partial charge on any atom is 0.331 e. The topological polar surface area (TPSA) is 55.8 Å². The number of rotatable bonds is 6. The predicted molar refractivity (Wildman–Crippen MR) is 42.5 cm³/mol. The molecule has 0 amide bonds. The van der Waals surface area contributed by atoms with E-state index in [1.165, 1.54) is 6.26 Å². The van der Waals surface area contributed by atoms with E-state index in [9.17, 15) is 4.57 Å². The average Bonchev–Trinajstić information content (AvgIpc) is 1.87. The van der Waals surface area contributed by atoms with Crippen molar-refractivity contribution < 1.29 is 18.7 Å². The van der Waals surface area contributed by atoms with E-state index in [1.54, 1.807) is 6.92 Å². The minimum atomic E-state index is -3.40. The van der Waals surface area contributed by atoms with Gasteiger partial charge in [0.2, 0.25) is 0 Å². The van der Waals surface area contributed by atoms with E-state index in [2.05, 4.69) is 15.8 Å². The number of hydrogen-bond acceptors (Lipinski definition) is 3. The quantitative estimate of drug-likeness (QED) is 0.381. The van der Waals surface area contributed by atoms with Crippen LogP contribution in [-0.2, 0) is 13.8 Å². The molecule has 0 aromatic heterocycles. The van der Waals surface area contributed by atoms with Gasteiger partial charge in [-0.15, -0.1) is 0 Å². The van der Waals surface area contributed by atoms with Gasteiger partial charge in [0, 0.05) is 0 Å². The van der Waals surface area contributed by atoms with E-state index < -0.39 is 7.60 Å². The average molecular weight is 180 g/mol. The molecule has 0 heterocycles. The fraction of sp³-hybridized carbons (Fsp3) is 0.667. The normalized spacial score (nSPS) is 15.5. The van der Waals surface area contributed by atoms with E-state index in [4.69, 9.17) is 4.89 Å². The molecule has 1 N–H and O–H groups in total. The Hall–Kier alpha value is -0.310. The van der Waals surface area contributed by atoms with Crippen molar-refractivity contribution in [2.45, 2.75) is 6.92 Å². The lowest BCUT2D eigenvalue weighted by Crippen LogP contribution is -1.99. The van der Waals surface area contributed by atoms with E-state index in [-0.39, 0.29) is 19.4 Å². The van der Waals surface area contributed by atoms with Crippen LogP contribution in [0.15, 0.2) is 12.8 Å². The highest BCUT2D eigenvalue weighted by Crippen LogP contribution is 2.40. The molecule has 0 saturated heterocycles. The fourth-order valence-electron chi connectivity index (χ4n) is 0.518. The van der Waals surface area contributed by atoms with Crippen LogP contribution in [0.2, 0.25) is 0 Å². The third-order valence-electron chi connectivity index (χ3n) is 0.940. The Kier molecular flexibility index (Phi) is 5.20. The van der Waals surface area contributed by atoms with E-state index in [0.717, 1.165) is 0 Å². The Balaban J connectivity index is 3.54. The van der Waals surface area contributed by atoms with Gasteiger partial charge in [-0.3, -0.25) is 4.57 Å². The molecule has 0 aliphatic carbocycles. The lowest BCUT2D eigenvalue weighted by atomic mass is 10.8. The summed E-state index contributed by atoms with van der Waals surface area (Å²) in [5, 5.41) is 0. The molecule has 5 heteroatoms. The zero-order valence-electron chi connectivity index (χ0n) is 6.52. The van der Waals surface area contributed by atoms with Gasteiger partial charge in [0.25, 0.3) is 0 Å². The Morgan fingerprint density at radius 3 is 2.82 bits per heavy atom. The van der Waals surface area contributed by atoms with Gasteiger partial charge in [-0.1, -0.05) is 6.58 Å². The molecule has 0 aromatic carbocycles. The molecule has 0 spiro atoms. The predicted octanol–water partition coefficient (Wildman–Crippen LogP) is 1.37. The second kappa shape index (κ2) is 5.35. The summed E-state index contributed by atoms with van der Waals surface area (Å²) in [6, 6.07) is 0. The van der Waals surface area contributed by atoms with Crippen molar-refractivity contribution in [2.24, 2.45) is 0 Å². The van der Waals surface area contributed by atoms with Crippen LogP contribution in [0.5, 0.6) is 0 Å². The van der Waals surface area contributed by atoms with Crippen LogP contribution in [0.3, 0.4) is 0 Å². The van der Waals surface area contributed by atoms with Crippen molar-refractivity contribution in [1.29, 1.82) is 0 Å². The molecular formula is C6H13O4P. The summed E-state index contributed by atoms with van der Waals surface area (Å²) in [7, 11) is -3.40. The standard InChI is InChI=1S/C6H13O4P/c1-3-9-5-6-11(7,8)10-4-2/h3H,1,4-6H2,2H3,(H,7,8). The van der Waals surface area contributed by atoms with Gasteiger partial charge in [0.1, 0.15) is 0 Å². The Morgan fingerprint density at radius 2 is 2.36 bits per heavy atom. The van der Waals surface area contributed by atoms with Gasteiger partial charge in [0.05, 0.1) is 25.6 Å². The molecule has 0 rings (SSSR count). The zero-order chi connectivity index (χ0) is 8.74. The summed E-state index contributed by atoms with van der Waals surface area (Å²) in [4.78, 5) is 8.96. The van der Waals surface area contributed by atoms with Crippen molar-refractivity contribution in [2.75, 3.05) is 19.4 Å². The zero-order valence-corrected chi connectivity index (χ0v) is 7.42. The minimum Gasteiger partial charge on any atom is -0.501 e. The van der Waals surface area contributed by atoms with E-state index in [1.807, 2.05) is 0 Å². The molecule has 0 fully saturated rings. The van der Waals surface area contributed by atoms with Gasteiger partial charge in [-0.2, -0.15) is 0 Å². The van der Waals surface area contributed by atoms with Crippen molar-refractivity contribution in [3.05, 3.63) is 12.8 Å². The molecular weight excluding hydrogens is 167 g/mol. The summed E-state index contributed by atoms with van der Waals surface area (Å²) in [6.45, 7) is 5.36. The molecule has 0 aliphatic rings. The van der Waals surface area contributed by atoms with Crippen molar-refractivity contribution in [1.82, 2.24) is 0 Å². The SMILES string of the molecule is C=COCCP(=O)(O)OCC. The molecule has 0 aliphatic heterocycles. The summed E-state index contributed by atoms with van der Waals surface area (Å²) in [5.74, 6) is 0. The van der Waals surface area contributed by atoms with Crippen molar-refractivity contribution in [3.8, 4) is 0 Å². The first-order valence-corrected chi connectivity index (χ1v) is 5.07. The summed E-state index contributed by atoms with van der Waals surface area (Å²) in [5.41, 5.74) is 0. The number of hydrogen-bond donors (Lipinski definition) is 1. The molecule has 0 bridgehead atoms. The Morgan fingerprint density at radius 1 is 1.73 bits per heavy atom. The van der Waals surface area contributed by atoms with Crippen LogP contribution in [0, 0.1) is 0 Å². The second-order valence-corrected chi connectivity index (χ2v) is 3.80. The molecule has 66 valence electrons. The summed E-state index contributed by atoms with van der Waals surface area (Å²) < 4.78 is 20.1. The molecule has 0 saturated carbocycles. The van der Waals surface area contributed by atoms with Crippen LogP contribution in [0.25, 0.3) is 0 Å². The Labute approximate surface area is 66.4 Å². The summed E-state index contributed by atoms with van der Waals surface area (Å²) in [6.07, 6.45) is 1.23. The first kappa shape index (κ1) is 10.7. The van der Waals surface area contributed by atoms with Crippen LogP contribution in [-0.4, -0.2) is 24.3 Å². The molecule has 1 atom stereocenters. The van der Waals surface area contributed by atoms with Crippen LogP contribution < -0.4 is 0 Å². The maximum atomic E-state index is 10.9. The lowest BCUT2D eigenvalue weighted by Gasteiger charge is -2.09.